The quantitative estimate of drug-likeness (QED) is 0.287. The first kappa shape index (κ1) is 20.8. The number of hydrogen-bond donors (Lipinski definition) is 0. The lowest BCUT2D eigenvalue weighted by Crippen LogP contribution is -2.53. The Bertz CT molecular complexity index is 1400. The molecule has 0 saturated carbocycles. The molecule has 5 aromatic rings. The van der Waals surface area contributed by atoms with Gasteiger partial charge in [0.05, 0.1) is 0 Å². The molecule has 0 aliphatic rings. The van der Waals surface area contributed by atoms with Crippen molar-refractivity contribution in [3.63, 3.8) is 0 Å². The first-order valence-corrected chi connectivity index (χ1v) is 11.4. The number of nitrogens with zero attached hydrogens (tertiary/aromatic N) is 2. The third-order valence-corrected chi connectivity index (χ3v) is 6.23. The van der Waals surface area contributed by atoms with Gasteiger partial charge in [-0.2, -0.15) is 0 Å². The van der Waals surface area contributed by atoms with Crippen LogP contribution in [-0.2, 0) is 6.67 Å². The number of hydrogen-bond acceptors (Lipinski definition) is 0. The second kappa shape index (κ2) is 9.22. The zero-order valence-corrected chi connectivity index (χ0v) is 19.1. The van der Waals surface area contributed by atoms with Gasteiger partial charge in [0.2, 0.25) is 11.4 Å². The lowest BCUT2D eigenvalue weighted by Gasteiger charge is -2.10. The molecule has 0 fully saturated rings. The maximum atomic E-state index is 2.33. The second-order valence-corrected chi connectivity index (χ2v) is 8.46. The minimum absolute atomic E-state index is 0.732. The van der Waals surface area contributed by atoms with Crippen molar-refractivity contribution in [3.05, 3.63) is 133 Å². The summed E-state index contributed by atoms with van der Waals surface area (Å²) in [6, 6.07) is 38.8. The van der Waals surface area contributed by atoms with Crippen LogP contribution in [0.2, 0.25) is 0 Å². The Morgan fingerprint density at radius 2 is 1.06 bits per heavy atom. The maximum Gasteiger partial charge on any atom is 0.344 e. The van der Waals surface area contributed by atoms with Crippen molar-refractivity contribution < 1.29 is 9.13 Å². The fourth-order valence-corrected chi connectivity index (χ4v) is 4.42. The normalized spacial score (nSPS) is 10.8. The van der Waals surface area contributed by atoms with Crippen LogP contribution in [0.25, 0.3) is 33.6 Å². The van der Waals surface area contributed by atoms with Gasteiger partial charge < -0.3 is 0 Å². The summed E-state index contributed by atoms with van der Waals surface area (Å²) in [6.45, 7) is 5.09. The number of rotatable bonds is 5. The van der Waals surface area contributed by atoms with Crippen LogP contribution in [0.5, 0.6) is 0 Å². The summed E-state index contributed by atoms with van der Waals surface area (Å²) in [5, 5.41) is 0. The average molecular weight is 429 g/mol. The van der Waals surface area contributed by atoms with Crippen molar-refractivity contribution >= 4 is 0 Å². The predicted octanol–water partition coefficient (Wildman–Crippen LogP) is 6.39. The zero-order chi connectivity index (χ0) is 22.6. The van der Waals surface area contributed by atoms with E-state index < -0.39 is 0 Å². The highest BCUT2D eigenvalue weighted by Crippen LogP contribution is 2.27. The van der Waals surface area contributed by atoms with Gasteiger partial charge in [-0.15, -0.1) is 9.13 Å². The fourth-order valence-electron chi connectivity index (χ4n) is 4.42. The first-order valence-electron chi connectivity index (χ1n) is 11.4. The number of aryl methyl sites for hydroxylation is 2. The molecule has 160 valence electrons. The van der Waals surface area contributed by atoms with E-state index in [0.29, 0.717) is 0 Å². The molecular formula is C31H28N2+2. The maximum absolute atomic E-state index is 2.33. The van der Waals surface area contributed by atoms with Crippen LogP contribution < -0.4 is 9.13 Å². The minimum atomic E-state index is 0.732. The molecule has 33 heavy (non-hydrogen) atoms. The second-order valence-electron chi connectivity index (χ2n) is 8.46. The number of aromatic nitrogens is 2. The Kier molecular flexibility index (Phi) is 5.82. The molecule has 0 unspecified atom stereocenters. The van der Waals surface area contributed by atoms with Gasteiger partial charge in [-0.1, -0.05) is 60.7 Å². The van der Waals surface area contributed by atoms with Gasteiger partial charge in [0.25, 0.3) is 0 Å². The summed E-state index contributed by atoms with van der Waals surface area (Å²) < 4.78 is 4.65. The Balaban J connectivity index is 1.59. The Labute approximate surface area is 196 Å². The summed E-state index contributed by atoms with van der Waals surface area (Å²) in [5.41, 5.74) is 9.96. The summed E-state index contributed by atoms with van der Waals surface area (Å²) >= 11 is 0. The minimum Gasteiger partial charge on any atom is -0.139 e. The molecule has 0 atom stereocenters. The van der Waals surface area contributed by atoms with Gasteiger partial charge in [0.1, 0.15) is 0 Å². The molecule has 2 heterocycles. The van der Waals surface area contributed by atoms with Crippen molar-refractivity contribution in [2.24, 2.45) is 0 Å². The van der Waals surface area contributed by atoms with Gasteiger partial charge in [0, 0.05) is 35.4 Å². The van der Waals surface area contributed by atoms with E-state index >= 15 is 0 Å². The summed E-state index contributed by atoms with van der Waals surface area (Å²) in [7, 11) is 0. The predicted molar refractivity (Wildman–Crippen MR) is 134 cm³/mol. The number of pyridine rings is 2. The molecule has 0 N–H and O–H groups in total. The zero-order valence-electron chi connectivity index (χ0n) is 19.1. The van der Waals surface area contributed by atoms with Crippen molar-refractivity contribution in [1.82, 2.24) is 0 Å². The van der Waals surface area contributed by atoms with E-state index in [2.05, 4.69) is 145 Å². The lowest BCUT2D eigenvalue weighted by atomic mass is 9.97. The highest BCUT2D eigenvalue weighted by atomic mass is 15.1. The smallest absolute Gasteiger partial charge is 0.139 e. The van der Waals surface area contributed by atoms with Crippen LogP contribution in [0.3, 0.4) is 0 Å². The van der Waals surface area contributed by atoms with Crippen molar-refractivity contribution in [3.8, 4) is 33.6 Å². The van der Waals surface area contributed by atoms with E-state index in [-0.39, 0.29) is 0 Å². The molecular weight excluding hydrogens is 400 g/mol. The number of benzene rings is 3. The Morgan fingerprint density at radius 3 is 1.76 bits per heavy atom. The molecule has 0 aliphatic heterocycles. The lowest BCUT2D eigenvalue weighted by molar-refractivity contribution is -0.903. The highest BCUT2D eigenvalue weighted by molar-refractivity contribution is 5.72. The average Bonchev–Trinajstić information content (AvgIpc) is 2.86. The van der Waals surface area contributed by atoms with E-state index in [4.69, 9.17) is 0 Å². The summed E-state index contributed by atoms with van der Waals surface area (Å²) in [5.74, 6) is 0. The molecule has 2 nitrogen and oxygen atoms in total. The monoisotopic (exact) mass is 428 g/mol. The van der Waals surface area contributed by atoms with Gasteiger partial charge in [-0.05, 0) is 60.4 Å². The van der Waals surface area contributed by atoms with Crippen LogP contribution in [0.15, 0.2) is 122 Å². The molecule has 0 spiro atoms. The largest absolute Gasteiger partial charge is 0.344 e. The molecule has 2 aromatic heterocycles. The molecule has 0 aliphatic carbocycles. The van der Waals surface area contributed by atoms with E-state index in [0.717, 1.165) is 6.67 Å². The van der Waals surface area contributed by atoms with Crippen molar-refractivity contribution in [2.75, 3.05) is 0 Å². The molecule has 5 rings (SSSR count). The van der Waals surface area contributed by atoms with Crippen LogP contribution in [0.4, 0.5) is 0 Å². The van der Waals surface area contributed by atoms with Crippen molar-refractivity contribution in [2.45, 2.75) is 20.5 Å². The molecule has 0 amide bonds. The van der Waals surface area contributed by atoms with Gasteiger partial charge >= 0.3 is 6.67 Å². The summed E-state index contributed by atoms with van der Waals surface area (Å²) in [6.07, 6.45) is 4.34. The topological polar surface area (TPSA) is 7.76 Å². The fraction of sp³-hybridized carbons (Fsp3) is 0.0968. The first-order chi connectivity index (χ1) is 16.2. The Morgan fingerprint density at radius 1 is 0.485 bits per heavy atom. The SMILES string of the molecule is Cc1ccccc1-c1cccc[n+]1C[n+]1ccccc1-c1cc(-c2ccccc2)ccc1C. The molecule has 2 heteroatoms. The molecule has 0 saturated heterocycles. The molecule has 0 bridgehead atoms. The van der Waals surface area contributed by atoms with E-state index in [1.165, 1.54) is 44.8 Å². The molecule has 0 radical (unpaired) electrons. The van der Waals surface area contributed by atoms with Crippen LogP contribution in [-0.4, -0.2) is 0 Å². The summed E-state index contributed by atoms with van der Waals surface area (Å²) in [4.78, 5) is 0. The van der Waals surface area contributed by atoms with Crippen molar-refractivity contribution in [1.29, 1.82) is 0 Å². The highest BCUT2D eigenvalue weighted by Gasteiger charge is 2.22. The van der Waals surface area contributed by atoms with E-state index in [1.54, 1.807) is 0 Å². The van der Waals surface area contributed by atoms with Crippen LogP contribution in [0, 0.1) is 13.8 Å². The standard InChI is InChI=1S/C31H28N2/c1-24-12-6-7-15-28(24)30-16-8-10-20-32(30)23-33-21-11-9-17-31(33)29-22-27(19-18-25(29)2)26-13-4-3-5-14-26/h3-22H,23H2,1-2H3/q+2. The Hall–Kier alpha value is -4.04. The van der Waals surface area contributed by atoms with Gasteiger partial charge in [0.15, 0.2) is 12.4 Å². The van der Waals surface area contributed by atoms with E-state index in [9.17, 15) is 0 Å². The van der Waals surface area contributed by atoms with Gasteiger partial charge in [-0.3, -0.25) is 0 Å². The van der Waals surface area contributed by atoms with Crippen LogP contribution in [0.1, 0.15) is 11.1 Å². The third kappa shape index (κ3) is 4.33. The van der Waals surface area contributed by atoms with Crippen LogP contribution >= 0.6 is 0 Å². The van der Waals surface area contributed by atoms with E-state index in [1.807, 2.05) is 0 Å². The van der Waals surface area contributed by atoms with Gasteiger partial charge in [-0.25, -0.2) is 0 Å². The molecule has 3 aromatic carbocycles. The third-order valence-electron chi connectivity index (χ3n) is 6.23.